The van der Waals surface area contributed by atoms with Gasteiger partial charge in [-0.25, -0.2) is 0 Å². The lowest BCUT2D eigenvalue weighted by Gasteiger charge is -2.29. The van der Waals surface area contributed by atoms with Gasteiger partial charge in [-0.05, 0) is 30.2 Å². The van der Waals surface area contributed by atoms with E-state index in [0.717, 1.165) is 33.4 Å². The highest BCUT2D eigenvalue weighted by molar-refractivity contribution is 5.87. The Balaban J connectivity index is 1.93. The molecule has 3 aromatic rings. The maximum Gasteiger partial charge on any atom is 0.321 e. The fourth-order valence-corrected chi connectivity index (χ4v) is 3.41. The van der Waals surface area contributed by atoms with Crippen molar-refractivity contribution in [2.24, 2.45) is 0 Å². The zero-order chi connectivity index (χ0) is 16.0. The number of nitrogens with one attached hydrogen (secondary N) is 2. The van der Waals surface area contributed by atoms with Crippen molar-refractivity contribution in [2.75, 3.05) is 0 Å². The van der Waals surface area contributed by atoms with Gasteiger partial charge < -0.3 is 10.1 Å². The Bertz CT molecular complexity index is 900. The Labute approximate surface area is 133 Å². The summed E-state index contributed by atoms with van der Waals surface area (Å²) in [7, 11) is 0. The van der Waals surface area contributed by atoms with Gasteiger partial charge in [0, 0.05) is 29.2 Å². The monoisotopic (exact) mass is 307 g/mol. The molecule has 3 heterocycles. The molecule has 0 radical (unpaired) electrons. The highest BCUT2D eigenvalue weighted by Crippen LogP contribution is 2.35. The van der Waals surface area contributed by atoms with E-state index in [0.29, 0.717) is 6.42 Å². The molecule has 0 bridgehead atoms. The first-order valence-corrected chi connectivity index (χ1v) is 7.65. The molecule has 1 aliphatic rings. The van der Waals surface area contributed by atoms with Crippen LogP contribution in [0.5, 0.6) is 0 Å². The Morgan fingerprint density at radius 3 is 2.87 bits per heavy atom. The van der Waals surface area contributed by atoms with Crippen molar-refractivity contribution in [3.05, 3.63) is 65.1 Å². The number of carboxylic acid groups (broad SMARTS) is 1. The molecule has 23 heavy (non-hydrogen) atoms. The van der Waals surface area contributed by atoms with Gasteiger partial charge in [0.15, 0.2) is 0 Å². The first-order chi connectivity index (χ1) is 11.1. The van der Waals surface area contributed by atoms with Crippen molar-refractivity contribution >= 4 is 16.9 Å². The van der Waals surface area contributed by atoms with Crippen LogP contribution in [0.2, 0.25) is 0 Å². The lowest BCUT2D eigenvalue weighted by Crippen LogP contribution is -2.45. The van der Waals surface area contributed by atoms with Gasteiger partial charge in [0.2, 0.25) is 0 Å². The first-order valence-electron chi connectivity index (χ1n) is 7.65. The molecular weight excluding hydrogens is 290 g/mol. The van der Waals surface area contributed by atoms with Gasteiger partial charge in [0.25, 0.3) is 0 Å². The largest absolute Gasteiger partial charge is 0.480 e. The Kier molecular flexibility index (Phi) is 3.16. The molecular formula is C18H17N3O2. The number of nitrogens with zero attached hydrogens (tertiary/aromatic N) is 1. The van der Waals surface area contributed by atoms with E-state index in [1.54, 1.807) is 6.20 Å². The summed E-state index contributed by atoms with van der Waals surface area (Å²) < 4.78 is 0. The summed E-state index contributed by atoms with van der Waals surface area (Å²) in [6.45, 7) is 2.00. The number of pyridine rings is 1. The highest BCUT2D eigenvalue weighted by Gasteiger charge is 2.34. The fourth-order valence-electron chi connectivity index (χ4n) is 3.41. The molecule has 0 amide bonds. The van der Waals surface area contributed by atoms with Crippen LogP contribution in [-0.4, -0.2) is 27.1 Å². The zero-order valence-electron chi connectivity index (χ0n) is 12.7. The second-order valence-corrected chi connectivity index (χ2v) is 5.96. The van der Waals surface area contributed by atoms with E-state index in [-0.39, 0.29) is 6.04 Å². The van der Waals surface area contributed by atoms with Gasteiger partial charge in [0.05, 0.1) is 11.7 Å². The zero-order valence-corrected chi connectivity index (χ0v) is 12.7. The van der Waals surface area contributed by atoms with Crippen molar-refractivity contribution in [3.8, 4) is 0 Å². The minimum Gasteiger partial charge on any atom is -0.480 e. The number of aromatic nitrogens is 2. The average molecular weight is 307 g/mol. The molecule has 0 spiro atoms. The highest BCUT2D eigenvalue weighted by atomic mass is 16.4. The van der Waals surface area contributed by atoms with E-state index in [4.69, 9.17) is 0 Å². The molecule has 0 fully saturated rings. The van der Waals surface area contributed by atoms with Crippen LogP contribution < -0.4 is 5.32 Å². The van der Waals surface area contributed by atoms with Crippen molar-refractivity contribution in [1.82, 2.24) is 15.3 Å². The molecule has 3 N–H and O–H groups in total. The number of benzene rings is 1. The van der Waals surface area contributed by atoms with E-state index in [1.165, 1.54) is 0 Å². The molecule has 0 aliphatic carbocycles. The van der Waals surface area contributed by atoms with Crippen LogP contribution >= 0.6 is 0 Å². The van der Waals surface area contributed by atoms with Gasteiger partial charge in [-0.3, -0.25) is 15.1 Å². The number of carboxylic acids is 1. The van der Waals surface area contributed by atoms with Gasteiger partial charge in [-0.2, -0.15) is 0 Å². The predicted molar refractivity (Wildman–Crippen MR) is 87.4 cm³/mol. The van der Waals surface area contributed by atoms with Crippen molar-refractivity contribution in [1.29, 1.82) is 0 Å². The fraction of sp³-hybridized carbons (Fsp3) is 0.222. The second kappa shape index (κ2) is 5.21. The number of hydrogen-bond acceptors (Lipinski definition) is 3. The van der Waals surface area contributed by atoms with Gasteiger partial charge >= 0.3 is 5.97 Å². The SMILES string of the molecule is Cc1cccnc1C1NC(C(=O)O)Cc2c1[nH]c1ccccc21. The summed E-state index contributed by atoms with van der Waals surface area (Å²) in [6.07, 6.45) is 2.22. The summed E-state index contributed by atoms with van der Waals surface area (Å²) in [6, 6.07) is 11.0. The maximum absolute atomic E-state index is 11.6. The number of aromatic amines is 1. The van der Waals surface area contributed by atoms with Crippen molar-refractivity contribution in [2.45, 2.75) is 25.4 Å². The normalized spacial score (nSPS) is 20.4. The molecule has 1 aromatic carbocycles. The number of fused-ring (bicyclic) bond motifs is 3. The van der Waals surface area contributed by atoms with Crippen molar-refractivity contribution in [3.63, 3.8) is 0 Å². The number of aryl methyl sites for hydroxylation is 1. The molecule has 5 nitrogen and oxygen atoms in total. The summed E-state index contributed by atoms with van der Waals surface area (Å²) in [5.74, 6) is -0.834. The van der Waals surface area contributed by atoms with Crippen LogP contribution in [0.15, 0.2) is 42.6 Å². The molecule has 2 aromatic heterocycles. The lowest BCUT2D eigenvalue weighted by molar-refractivity contribution is -0.139. The van der Waals surface area contributed by atoms with E-state index in [2.05, 4.69) is 15.3 Å². The third kappa shape index (κ3) is 2.21. The second-order valence-electron chi connectivity index (χ2n) is 5.96. The quantitative estimate of drug-likeness (QED) is 0.680. The Morgan fingerprint density at radius 2 is 2.09 bits per heavy atom. The lowest BCUT2D eigenvalue weighted by atomic mass is 9.91. The Morgan fingerprint density at radius 1 is 1.26 bits per heavy atom. The number of hydrogen-bond donors (Lipinski definition) is 3. The standard InChI is InChI=1S/C18H17N3O2/c1-10-5-4-8-19-15(10)17-16-12(9-14(21-17)18(22)23)11-6-2-3-7-13(11)20-16/h2-8,14,17,20-21H,9H2,1H3,(H,22,23). The number of H-pyrrole nitrogens is 1. The third-order valence-electron chi connectivity index (χ3n) is 4.53. The van der Waals surface area contributed by atoms with E-state index < -0.39 is 12.0 Å². The smallest absolute Gasteiger partial charge is 0.321 e. The van der Waals surface area contributed by atoms with Gasteiger partial charge in [-0.1, -0.05) is 24.3 Å². The van der Waals surface area contributed by atoms with Crippen LogP contribution in [-0.2, 0) is 11.2 Å². The van der Waals surface area contributed by atoms with Crippen LogP contribution in [0, 0.1) is 6.92 Å². The van der Waals surface area contributed by atoms with Crippen LogP contribution in [0.25, 0.3) is 10.9 Å². The Hall–Kier alpha value is -2.66. The van der Waals surface area contributed by atoms with Crippen LogP contribution in [0.4, 0.5) is 0 Å². The minimum atomic E-state index is -0.834. The molecule has 4 rings (SSSR count). The number of rotatable bonds is 2. The molecule has 1 aliphatic heterocycles. The molecule has 0 saturated carbocycles. The maximum atomic E-state index is 11.6. The minimum absolute atomic E-state index is 0.242. The van der Waals surface area contributed by atoms with E-state index in [1.807, 2.05) is 43.3 Å². The summed E-state index contributed by atoms with van der Waals surface area (Å²) >= 11 is 0. The van der Waals surface area contributed by atoms with Gasteiger partial charge in [-0.15, -0.1) is 0 Å². The molecule has 2 unspecified atom stereocenters. The van der Waals surface area contributed by atoms with E-state index >= 15 is 0 Å². The van der Waals surface area contributed by atoms with Crippen molar-refractivity contribution < 1.29 is 9.90 Å². The molecule has 116 valence electrons. The van der Waals surface area contributed by atoms with Gasteiger partial charge in [0.1, 0.15) is 6.04 Å². The van der Waals surface area contributed by atoms with Crippen LogP contribution in [0.1, 0.15) is 28.6 Å². The van der Waals surface area contributed by atoms with Crippen LogP contribution in [0.3, 0.4) is 0 Å². The third-order valence-corrected chi connectivity index (χ3v) is 4.53. The molecule has 0 saturated heterocycles. The predicted octanol–water partition coefficient (Wildman–Crippen LogP) is 2.56. The number of aliphatic carboxylic acids is 1. The number of carbonyl (C=O) groups is 1. The summed E-state index contributed by atoms with van der Waals surface area (Å²) in [5.41, 5.74) is 5.03. The average Bonchev–Trinajstić information content (AvgIpc) is 2.93. The summed E-state index contributed by atoms with van der Waals surface area (Å²) in [5, 5.41) is 13.8. The molecule has 2 atom stereocenters. The first kappa shape index (κ1) is 14.0. The topological polar surface area (TPSA) is 78.0 Å². The van der Waals surface area contributed by atoms with E-state index in [9.17, 15) is 9.90 Å². The number of para-hydroxylation sites is 1. The summed E-state index contributed by atoms with van der Waals surface area (Å²) in [4.78, 5) is 19.5. The molecule has 5 heteroatoms.